The molecule has 0 radical (unpaired) electrons. The molecule has 6 nitrogen and oxygen atoms in total. The molecule has 0 unspecified atom stereocenters. The summed E-state index contributed by atoms with van der Waals surface area (Å²) in [7, 11) is 1.68. The highest BCUT2D eigenvalue weighted by Gasteiger charge is 2.24. The van der Waals surface area contributed by atoms with E-state index in [4.69, 9.17) is 9.72 Å². The summed E-state index contributed by atoms with van der Waals surface area (Å²) < 4.78 is 7.47. The molecule has 0 atom stereocenters. The van der Waals surface area contributed by atoms with Crippen LogP contribution in [0.2, 0.25) is 0 Å². The molecule has 6 heteroatoms. The highest BCUT2D eigenvalue weighted by Crippen LogP contribution is 2.26. The zero-order valence-electron chi connectivity index (χ0n) is 15.3. The van der Waals surface area contributed by atoms with Crippen molar-refractivity contribution in [1.82, 2.24) is 19.7 Å². The van der Waals surface area contributed by atoms with E-state index in [0.717, 1.165) is 60.6 Å². The van der Waals surface area contributed by atoms with Crippen LogP contribution in [-0.4, -0.2) is 38.4 Å². The number of hydrogen-bond donors (Lipinski definition) is 1. The average molecular weight is 352 g/mol. The van der Waals surface area contributed by atoms with E-state index in [1.54, 1.807) is 7.11 Å². The Hall–Kier alpha value is -2.44. The zero-order valence-corrected chi connectivity index (χ0v) is 15.3. The Morgan fingerprint density at radius 3 is 2.88 bits per heavy atom. The number of para-hydroxylation sites is 1. The van der Waals surface area contributed by atoms with E-state index in [9.17, 15) is 5.11 Å². The minimum atomic E-state index is -0.00536. The van der Waals surface area contributed by atoms with Gasteiger partial charge in [-0.2, -0.15) is 5.10 Å². The highest BCUT2D eigenvalue weighted by atomic mass is 16.5. The second kappa shape index (κ2) is 7.05. The van der Waals surface area contributed by atoms with Crippen LogP contribution in [0.1, 0.15) is 29.6 Å². The maximum absolute atomic E-state index is 9.63. The number of aliphatic hydroxyl groups excluding tert-OH is 1. The molecule has 2 aromatic heterocycles. The monoisotopic (exact) mass is 352 g/mol. The summed E-state index contributed by atoms with van der Waals surface area (Å²) in [6, 6.07) is 10.2. The van der Waals surface area contributed by atoms with Crippen molar-refractivity contribution >= 4 is 10.9 Å². The maximum Gasteiger partial charge on any atom is 0.145 e. The third-order valence-corrected chi connectivity index (χ3v) is 5.09. The molecule has 0 bridgehead atoms. The van der Waals surface area contributed by atoms with Crippen molar-refractivity contribution in [3.05, 3.63) is 53.0 Å². The summed E-state index contributed by atoms with van der Waals surface area (Å²) in [6.45, 7) is 5.47. The van der Waals surface area contributed by atoms with Gasteiger partial charge in [0.25, 0.3) is 0 Å². The van der Waals surface area contributed by atoms with Gasteiger partial charge in [0.1, 0.15) is 11.3 Å². The van der Waals surface area contributed by atoms with Crippen molar-refractivity contribution in [2.24, 2.45) is 0 Å². The molecular weight excluding hydrogens is 328 g/mol. The largest absolute Gasteiger partial charge is 0.494 e. The van der Waals surface area contributed by atoms with Crippen LogP contribution in [0, 0.1) is 0 Å². The van der Waals surface area contributed by atoms with Gasteiger partial charge in [0.05, 0.1) is 25.1 Å². The Morgan fingerprint density at radius 2 is 2.12 bits per heavy atom. The lowest BCUT2D eigenvalue weighted by Gasteiger charge is -2.27. The van der Waals surface area contributed by atoms with Gasteiger partial charge in [0.2, 0.25) is 0 Å². The quantitative estimate of drug-likeness (QED) is 0.764. The molecule has 1 aliphatic rings. The Kier molecular flexibility index (Phi) is 4.61. The first-order valence-corrected chi connectivity index (χ1v) is 9.06. The number of rotatable bonds is 5. The predicted octanol–water partition coefficient (Wildman–Crippen LogP) is 2.51. The van der Waals surface area contributed by atoms with Crippen LogP contribution in [0.25, 0.3) is 10.9 Å². The van der Waals surface area contributed by atoms with Crippen LogP contribution in [0.3, 0.4) is 0 Å². The molecule has 136 valence electrons. The fourth-order valence-corrected chi connectivity index (χ4v) is 3.78. The second-order valence-corrected chi connectivity index (χ2v) is 6.64. The number of fused-ring (bicyclic) bond motifs is 2. The summed E-state index contributed by atoms with van der Waals surface area (Å²) in [6.07, 6.45) is 0.951. The van der Waals surface area contributed by atoms with Gasteiger partial charge in [-0.05, 0) is 19.1 Å². The van der Waals surface area contributed by atoms with Gasteiger partial charge in [-0.15, -0.1) is 0 Å². The zero-order chi connectivity index (χ0) is 18.1. The number of aliphatic hydroxyl groups is 1. The average Bonchev–Trinajstić information content (AvgIpc) is 3.04. The SMILES string of the molecule is CCn1nc(CO)c2c1CCN(Cc1ccc3cccc(OC)c3n1)C2. The Bertz CT molecular complexity index is 935. The van der Waals surface area contributed by atoms with Gasteiger partial charge < -0.3 is 9.84 Å². The Morgan fingerprint density at radius 1 is 1.23 bits per heavy atom. The molecule has 0 aliphatic carbocycles. The van der Waals surface area contributed by atoms with Gasteiger partial charge in [-0.25, -0.2) is 4.98 Å². The molecule has 0 spiro atoms. The van der Waals surface area contributed by atoms with Gasteiger partial charge >= 0.3 is 0 Å². The number of nitrogens with zero attached hydrogens (tertiary/aromatic N) is 4. The number of hydrogen-bond acceptors (Lipinski definition) is 5. The third-order valence-electron chi connectivity index (χ3n) is 5.09. The van der Waals surface area contributed by atoms with E-state index in [1.165, 1.54) is 11.3 Å². The lowest BCUT2D eigenvalue weighted by Crippen LogP contribution is -2.31. The molecular formula is C20H24N4O2. The lowest BCUT2D eigenvalue weighted by atomic mass is 10.0. The lowest BCUT2D eigenvalue weighted by molar-refractivity contribution is 0.234. The first-order chi connectivity index (χ1) is 12.7. The van der Waals surface area contributed by atoms with Crippen LogP contribution in [0.4, 0.5) is 0 Å². The van der Waals surface area contributed by atoms with Gasteiger partial charge in [-0.1, -0.05) is 18.2 Å². The first kappa shape index (κ1) is 17.0. The summed E-state index contributed by atoms with van der Waals surface area (Å²) in [5.41, 5.74) is 5.18. The van der Waals surface area contributed by atoms with Gasteiger partial charge in [-0.3, -0.25) is 9.58 Å². The van der Waals surface area contributed by atoms with Crippen molar-refractivity contribution < 1.29 is 9.84 Å². The van der Waals surface area contributed by atoms with Crippen molar-refractivity contribution in [3.63, 3.8) is 0 Å². The van der Waals surface area contributed by atoms with E-state index in [0.29, 0.717) is 0 Å². The highest BCUT2D eigenvalue weighted by molar-refractivity contribution is 5.84. The van der Waals surface area contributed by atoms with E-state index in [1.807, 2.05) is 16.8 Å². The smallest absolute Gasteiger partial charge is 0.145 e. The fourth-order valence-electron chi connectivity index (χ4n) is 3.78. The number of pyridine rings is 1. The molecule has 3 aromatic rings. The van der Waals surface area contributed by atoms with Crippen molar-refractivity contribution in [2.45, 2.75) is 39.6 Å². The van der Waals surface area contributed by atoms with E-state index in [-0.39, 0.29) is 6.61 Å². The minimum absolute atomic E-state index is 0.00536. The summed E-state index contributed by atoms with van der Waals surface area (Å²) >= 11 is 0. The van der Waals surface area contributed by atoms with Crippen molar-refractivity contribution in [2.75, 3.05) is 13.7 Å². The molecule has 4 rings (SSSR count). The number of aryl methyl sites for hydroxylation is 1. The van der Waals surface area contributed by atoms with Crippen LogP contribution >= 0.6 is 0 Å². The number of aromatic nitrogens is 3. The maximum atomic E-state index is 9.63. The van der Waals surface area contributed by atoms with Crippen LogP contribution in [0.5, 0.6) is 5.75 Å². The van der Waals surface area contributed by atoms with Crippen LogP contribution in [0.15, 0.2) is 30.3 Å². The fraction of sp³-hybridized carbons (Fsp3) is 0.400. The summed E-state index contributed by atoms with van der Waals surface area (Å²) in [5.74, 6) is 0.803. The van der Waals surface area contributed by atoms with Crippen molar-refractivity contribution in [1.29, 1.82) is 0 Å². The molecule has 0 fully saturated rings. The topological polar surface area (TPSA) is 63.4 Å². The summed E-state index contributed by atoms with van der Waals surface area (Å²) in [5, 5.41) is 15.3. The Balaban J connectivity index is 1.59. The normalized spacial score (nSPS) is 14.6. The third kappa shape index (κ3) is 2.95. The molecule has 1 N–H and O–H groups in total. The van der Waals surface area contributed by atoms with Crippen molar-refractivity contribution in [3.8, 4) is 5.75 Å². The molecule has 1 aliphatic heterocycles. The minimum Gasteiger partial charge on any atom is -0.494 e. The molecule has 0 amide bonds. The van der Waals surface area contributed by atoms with Gasteiger partial charge in [0.15, 0.2) is 0 Å². The number of benzene rings is 1. The molecule has 0 saturated heterocycles. The Labute approximate surface area is 153 Å². The van der Waals surface area contributed by atoms with Gasteiger partial charge in [0, 0.05) is 49.2 Å². The van der Waals surface area contributed by atoms with E-state index in [2.05, 4.69) is 35.1 Å². The first-order valence-electron chi connectivity index (χ1n) is 9.06. The molecule has 1 aromatic carbocycles. The standard InChI is InChI=1S/C20H24N4O2/c1-3-24-18-9-10-23(12-16(18)17(13-25)22-24)11-15-8-7-14-5-4-6-19(26-2)20(14)21-15/h4-8,25H,3,9-13H2,1-2H3. The number of ether oxygens (including phenoxy) is 1. The van der Waals surface area contributed by atoms with Crippen LogP contribution < -0.4 is 4.74 Å². The molecule has 0 saturated carbocycles. The molecule has 3 heterocycles. The van der Waals surface area contributed by atoms with Crippen LogP contribution in [-0.2, 0) is 32.7 Å². The van der Waals surface area contributed by atoms with E-state index < -0.39 is 0 Å². The second-order valence-electron chi connectivity index (χ2n) is 6.64. The summed E-state index contributed by atoms with van der Waals surface area (Å²) in [4.78, 5) is 7.19. The molecule has 26 heavy (non-hydrogen) atoms. The predicted molar refractivity (Wildman–Crippen MR) is 99.9 cm³/mol. The number of methoxy groups -OCH3 is 1. The van der Waals surface area contributed by atoms with E-state index >= 15 is 0 Å².